The number of aliphatic hydroxyl groups excluding tert-OH is 4. The number of hydrogen-bond acceptors (Lipinski definition) is 5. The molecule has 5 N–H and O–H groups in total. The summed E-state index contributed by atoms with van der Waals surface area (Å²) >= 11 is 0. The summed E-state index contributed by atoms with van der Waals surface area (Å²) in [5.41, 5.74) is 0. The Morgan fingerprint density at radius 3 is 1.66 bits per heavy atom. The first-order valence-electron chi connectivity index (χ1n) is 16.5. The second kappa shape index (κ2) is 29.8. The lowest BCUT2D eigenvalue weighted by molar-refractivity contribution is -0.132. The summed E-state index contributed by atoms with van der Waals surface area (Å²) in [5.74, 6) is -0.622. The van der Waals surface area contributed by atoms with Crippen LogP contribution >= 0.6 is 0 Å². The maximum absolute atomic E-state index is 12.4. The summed E-state index contributed by atoms with van der Waals surface area (Å²) in [7, 11) is 0. The molecule has 0 aliphatic rings. The Balaban J connectivity index is 4.01. The molecule has 0 rings (SSSR count). The molecule has 0 saturated heterocycles. The third kappa shape index (κ3) is 24.6. The monoisotopic (exact) mass is 577 g/mol. The van der Waals surface area contributed by atoms with Crippen LogP contribution in [0.5, 0.6) is 0 Å². The number of allylic oxidation sites excluding steroid dienone is 8. The van der Waals surface area contributed by atoms with Gasteiger partial charge in [0.1, 0.15) is 12.2 Å². The molecule has 0 aromatic heterocycles. The summed E-state index contributed by atoms with van der Waals surface area (Å²) in [5, 5.41) is 43.2. The van der Waals surface area contributed by atoms with Crippen LogP contribution in [0.2, 0.25) is 0 Å². The molecule has 0 aromatic rings. The van der Waals surface area contributed by atoms with Crippen LogP contribution in [0.4, 0.5) is 0 Å². The topological polar surface area (TPSA) is 110 Å². The van der Waals surface area contributed by atoms with Crippen molar-refractivity contribution in [3.05, 3.63) is 48.6 Å². The van der Waals surface area contributed by atoms with Crippen molar-refractivity contribution in [2.45, 2.75) is 160 Å². The fourth-order valence-corrected chi connectivity index (χ4v) is 4.55. The molecule has 238 valence electrons. The van der Waals surface area contributed by atoms with Gasteiger partial charge in [-0.2, -0.15) is 0 Å². The van der Waals surface area contributed by atoms with Gasteiger partial charge in [-0.25, -0.2) is 0 Å². The number of nitrogens with one attached hydrogen (secondary N) is 1. The Hall–Kier alpha value is -1.73. The summed E-state index contributed by atoms with van der Waals surface area (Å²) in [4.78, 5) is 12.4. The van der Waals surface area contributed by atoms with Crippen molar-refractivity contribution in [1.82, 2.24) is 5.32 Å². The predicted molar refractivity (Wildman–Crippen MR) is 173 cm³/mol. The van der Waals surface area contributed by atoms with Crippen LogP contribution in [0.25, 0.3) is 0 Å². The highest BCUT2D eigenvalue weighted by Gasteiger charge is 2.28. The normalized spacial score (nSPS) is 15.4. The van der Waals surface area contributed by atoms with Crippen molar-refractivity contribution >= 4 is 5.91 Å². The molecule has 6 nitrogen and oxygen atoms in total. The van der Waals surface area contributed by atoms with E-state index in [1.54, 1.807) is 0 Å². The maximum Gasteiger partial charge on any atom is 0.249 e. The lowest BCUT2D eigenvalue weighted by Gasteiger charge is -2.27. The molecular weight excluding hydrogens is 514 g/mol. The van der Waals surface area contributed by atoms with Crippen LogP contribution in [0.1, 0.15) is 136 Å². The molecule has 0 radical (unpaired) electrons. The van der Waals surface area contributed by atoms with E-state index in [9.17, 15) is 25.2 Å². The number of hydrogen-bond donors (Lipinski definition) is 5. The summed E-state index contributed by atoms with van der Waals surface area (Å²) in [6, 6.07) is -1.02. The van der Waals surface area contributed by atoms with Crippen molar-refractivity contribution in [2.24, 2.45) is 0 Å². The highest BCUT2D eigenvalue weighted by atomic mass is 16.3. The second-order valence-corrected chi connectivity index (χ2v) is 11.1. The van der Waals surface area contributed by atoms with E-state index >= 15 is 0 Å². The van der Waals surface area contributed by atoms with Gasteiger partial charge in [0.05, 0.1) is 18.8 Å². The van der Waals surface area contributed by atoms with E-state index in [4.69, 9.17) is 0 Å². The SMILES string of the molecule is CC/C=C/CC/C=C/CC/C=C/CCCC(O)C(O)C(CO)NC(=O)C(O)CCCC/C=C\CCCCCCCC. The van der Waals surface area contributed by atoms with Gasteiger partial charge in [-0.15, -0.1) is 0 Å². The van der Waals surface area contributed by atoms with Crippen LogP contribution < -0.4 is 5.32 Å². The molecule has 4 atom stereocenters. The van der Waals surface area contributed by atoms with E-state index in [2.05, 4.69) is 67.8 Å². The lowest BCUT2D eigenvalue weighted by Crippen LogP contribution is -2.53. The molecular formula is C35H63NO5. The Kier molecular flexibility index (Phi) is 28.5. The molecule has 0 aliphatic carbocycles. The van der Waals surface area contributed by atoms with Gasteiger partial charge < -0.3 is 25.7 Å². The van der Waals surface area contributed by atoms with E-state index in [0.717, 1.165) is 57.8 Å². The van der Waals surface area contributed by atoms with Crippen LogP contribution in [-0.2, 0) is 4.79 Å². The zero-order valence-electron chi connectivity index (χ0n) is 26.3. The lowest BCUT2D eigenvalue weighted by atomic mass is 10.00. The number of carbonyl (C=O) groups excluding carboxylic acids is 1. The van der Waals surface area contributed by atoms with Crippen molar-refractivity contribution in [1.29, 1.82) is 0 Å². The van der Waals surface area contributed by atoms with Crippen LogP contribution in [0, 0.1) is 0 Å². The molecule has 0 saturated carbocycles. The van der Waals surface area contributed by atoms with Crippen LogP contribution in [0.15, 0.2) is 48.6 Å². The number of carbonyl (C=O) groups is 1. The first-order chi connectivity index (χ1) is 20.0. The standard InChI is InChI=1S/C35H63NO5/c1-3-5-7-9-11-13-15-17-19-20-22-24-26-28-32(38)34(40)31(30-37)36-35(41)33(39)29-27-25-23-21-18-16-14-12-10-8-6-4-2/h5,7,13,15,18,20-22,31-34,37-40H,3-4,6,8-12,14,16-17,19,23-30H2,1-2H3,(H,36,41)/b7-5+,15-13+,21-18-,22-20+. The quantitative estimate of drug-likeness (QED) is 0.0498. The van der Waals surface area contributed by atoms with E-state index < -0.39 is 36.9 Å². The van der Waals surface area contributed by atoms with E-state index in [-0.39, 0.29) is 0 Å². The highest BCUT2D eigenvalue weighted by Crippen LogP contribution is 2.12. The maximum atomic E-state index is 12.4. The van der Waals surface area contributed by atoms with E-state index in [1.165, 1.54) is 38.5 Å². The zero-order valence-corrected chi connectivity index (χ0v) is 26.3. The van der Waals surface area contributed by atoms with Gasteiger partial charge in [-0.3, -0.25) is 4.79 Å². The third-order valence-electron chi connectivity index (χ3n) is 7.23. The van der Waals surface area contributed by atoms with Gasteiger partial charge in [0.25, 0.3) is 0 Å². The van der Waals surface area contributed by atoms with Crippen molar-refractivity contribution in [3.63, 3.8) is 0 Å². The zero-order chi connectivity index (χ0) is 30.4. The highest BCUT2D eigenvalue weighted by molar-refractivity contribution is 5.80. The molecule has 0 spiro atoms. The Morgan fingerprint density at radius 1 is 0.610 bits per heavy atom. The molecule has 0 heterocycles. The predicted octanol–water partition coefficient (Wildman–Crippen LogP) is 7.22. The smallest absolute Gasteiger partial charge is 0.249 e. The van der Waals surface area contributed by atoms with Gasteiger partial charge in [-0.05, 0) is 83.5 Å². The number of unbranched alkanes of at least 4 members (excludes halogenated alkanes) is 11. The van der Waals surface area contributed by atoms with Gasteiger partial charge >= 0.3 is 0 Å². The Morgan fingerprint density at radius 2 is 1.10 bits per heavy atom. The molecule has 6 heteroatoms. The molecule has 1 amide bonds. The number of amides is 1. The summed E-state index contributed by atoms with van der Waals surface area (Å²) in [6.45, 7) is 3.86. The third-order valence-corrected chi connectivity index (χ3v) is 7.23. The molecule has 0 aromatic carbocycles. The molecule has 41 heavy (non-hydrogen) atoms. The fraction of sp³-hybridized carbons (Fsp3) is 0.743. The number of aliphatic hydroxyl groups is 4. The van der Waals surface area contributed by atoms with Crippen molar-refractivity contribution < 1.29 is 25.2 Å². The fourth-order valence-electron chi connectivity index (χ4n) is 4.55. The summed E-state index contributed by atoms with van der Waals surface area (Å²) in [6.07, 6.45) is 32.8. The van der Waals surface area contributed by atoms with Gasteiger partial charge in [0.2, 0.25) is 5.91 Å². The average molecular weight is 578 g/mol. The van der Waals surface area contributed by atoms with Crippen LogP contribution in [0.3, 0.4) is 0 Å². The molecule has 0 aliphatic heterocycles. The number of rotatable bonds is 28. The van der Waals surface area contributed by atoms with Gasteiger partial charge in [-0.1, -0.05) is 101 Å². The molecule has 4 unspecified atom stereocenters. The minimum absolute atomic E-state index is 0.326. The minimum atomic E-state index is -1.30. The van der Waals surface area contributed by atoms with Gasteiger partial charge in [0.15, 0.2) is 0 Å². The second-order valence-electron chi connectivity index (χ2n) is 11.1. The van der Waals surface area contributed by atoms with Crippen molar-refractivity contribution in [3.8, 4) is 0 Å². The van der Waals surface area contributed by atoms with Gasteiger partial charge in [0, 0.05) is 0 Å². The minimum Gasteiger partial charge on any atom is -0.394 e. The largest absolute Gasteiger partial charge is 0.394 e. The molecule has 0 fully saturated rings. The Labute approximate surface area is 251 Å². The van der Waals surface area contributed by atoms with E-state index in [0.29, 0.717) is 25.7 Å². The first-order valence-corrected chi connectivity index (χ1v) is 16.5. The van der Waals surface area contributed by atoms with Crippen molar-refractivity contribution in [2.75, 3.05) is 6.61 Å². The van der Waals surface area contributed by atoms with E-state index in [1.807, 2.05) is 0 Å². The average Bonchev–Trinajstić information content (AvgIpc) is 2.98. The Bertz CT molecular complexity index is 703. The molecule has 0 bridgehead atoms. The first kappa shape index (κ1) is 39.3. The summed E-state index contributed by atoms with van der Waals surface area (Å²) < 4.78 is 0. The van der Waals surface area contributed by atoms with Crippen LogP contribution in [-0.4, -0.2) is 57.3 Å².